The number of amides is 1. The van der Waals surface area contributed by atoms with Crippen LogP contribution in [0, 0.1) is 5.92 Å². The second-order valence-corrected chi connectivity index (χ2v) is 3.96. The summed E-state index contributed by atoms with van der Waals surface area (Å²) in [7, 11) is 0. The van der Waals surface area contributed by atoms with Crippen LogP contribution in [-0.2, 0) is 11.3 Å². The van der Waals surface area contributed by atoms with Gasteiger partial charge in [0, 0.05) is 31.5 Å². The Morgan fingerprint density at radius 2 is 2.40 bits per heavy atom. The summed E-state index contributed by atoms with van der Waals surface area (Å²) in [6.45, 7) is 1.12. The SMILES string of the molecule is O=C1CC(Cn2cnc(Cl)cc2=O)CN1. The molecule has 0 bridgehead atoms. The summed E-state index contributed by atoms with van der Waals surface area (Å²) in [6.07, 6.45) is 1.88. The highest BCUT2D eigenvalue weighted by atomic mass is 35.5. The minimum absolute atomic E-state index is 0.0370. The van der Waals surface area contributed by atoms with Crippen molar-refractivity contribution in [1.82, 2.24) is 14.9 Å². The molecule has 80 valence electrons. The smallest absolute Gasteiger partial charge is 0.254 e. The number of carbonyl (C=O) groups is 1. The van der Waals surface area contributed by atoms with Crippen molar-refractivity contribution < 1.29 is 4.79 Å². The Labute approximate surface area is 91.1 Å². The van der Waals surface area contributed by atoms with Crippen molar-refractivity contribution >= 4 is 17.5 Å². The van der Waals surface area contributed by atoms with Crippen LogP contribution in [-0.4, -0.2) is 22.0 Å². The lowest BCUT2D eigenvalue weighted by atomic mass is 10.1. The number of halogens is 1. The van der Waals surface area contributed by atoms with E-state index >= 15 is 0 Å². The second-order valence-electron chi connectivity index (χ2n) is 3.58. The van der Waals surface area contributed by atoms with Gasteiger partial charge in [-0.05, 0) is 0 Å². The van der Waals surface area contributed by atoms with Gasteiger partial charge in [-0.3, -0.25) is 14.2 Å². The van der Waals surface area contributed by atoms with Crippen molar-refractivity contribution in [3.05, 3.63) is 27.9 Å². The topological polar surface area (TPSA) is 64.0 Å². The summed E-state index contributed by atoms with van der Waals surface area (Å²) in [5.41, 5.74) is -0.186. The Bertz CT molecular complexity index is 443. The lowest BCUT2D eigenvalue weighted by molar-refractivity contribution is -0.119. The first-order valence-corrected chi connectivity index (χ1v) is 5.01. The molecule has 2 rings (SSSR count). The summed E-state index contributed by atoms with van der Waals surface area (Å²) in [6, 6.07) is 1.27. The molecule has 1 aromatic rings. The predicted octanol–water partition coefficient (Wildman–Crippen LogP) is 0.0328. The standard InChI is InChI=1S/C9H10ClN3O2/c10-7-2-9(15)13(5-12-7)4-6-1-8(14)11-3-6/h2,5-6H,1,3-4H2,(H,11,14). The quantitative estimate of drug-likeness (QED) is 0.726. The Morgan fingerprint density at radius 1 is 1.60 bits per heavy atom. The Morgan fingerprint density at radius 3 is 3.00 bits per heavy atom. The Kier molecular flexibility index (Phi) is 2.73. The number of carbonyl (C=O) groups excluding carboxylic acids is 1. The van der Waals surface area contributed by atoms with Gasteiger partial charge in [-0.1, -0.05) is 11.6 Å². The van der Waals surface area contributed by atoms with E-state index in [2.05, 4.69) is 10.3 Å². The van der Waals surface area contributed by atoms with Crippen molar-refractivity contribution in [3.63, 3.8) is 0 Å². The van der Waals surface area contributed by atoms with E-state index in [1.807, 2.05) is 0 Å². The van der Waals surface area contributed by atoms with Gasteiger partial charge in [0.15, 0.2) is 0 Å². The zero-order valence-corrected chi connectivity index (χ0v) is 8.70. The van der Waals surface area contributed by atoms with Gasteiger partial charge in [0.25, 0.3) is 5.56 Å². The molecule has 1 aromatic heterocycles. The van der Waals surface area contributed by atoms with Gasteiger partial charge in [0.05, 0.1) is 6.33 Å². The molecule has 0 spiro atoms. The van der Waals surface area contributed by atoms with Crippen LogP contribution < -0.4 is 10.9 Å². The summed E-state index contributed by atoms with van der Waals surface area (Å²) in [4.78, 5) is 26.2. The van der Waals surface area contributed by atoms with E-state index in [1.165, 1.54) is 17.0 Å². The molecule has 1 saturated heterocycles. The summed E-state index contributed by atoms with van der Waals surface area (Å²) < 4.78 is 1.47. The highest BCUT2D eigenvalue weighted by molar-refractivity contribution is 6.29. The van der Waals surface area contributed by atoms with Gasteiger partial charge in [0.2, 0.25) is 5.91 Å². The Hall–Kier alpha value is -1.36. The van der Waals surface area contributed by atoms with Gasteiger partial charge < -0.3 is 5.32 Å². The van der Waals surface area contributed by atoms with Crippen molar-refractivity contribution in [3.8, 4) is 0 Å². The number of hydrogen-bond acceptors (Lipinski definition) is 3. The molecule has 0 aliphatic carbocycles. The van der Waals surface area contributed by atoms with Gasteiger partial charge in [0.1, 0.15) is 5.15 Å². The van der Waals surface area contributed by atoms with Crippen LogP contribution in [0.4, 0.5) is 0 Å². The normalized spacial score (nSPS) is 20.3. The number of nitrogens with zero attached hydrogens (tertiary/aromatic N) is 2. The maximum absolute atomic E-state index is 11.4. The highest BCUT2D eigenvalue weighted by Gasteiger charge is 2.21. The highest BCUT2D eigenvalue weighted by Crippen LogP contribution is 2.10. The van der Waals surface area contributed by atoms with E-state index in [0.29, 0.717) is 19.5 Å². The zero-order chi connectivity index (χ0) is 10.8. The first-order valence-electron chi connectivity index (χ1n) is 4.64. The van der Waals surface area contributed by atoms with Crippen LogP contribution in [0.1, 0.15) is 6.42 Å². The molecule has 0 aromatic carbocycles. The van der Waals surface area contributed by atoms with Gasteiger partial charge in [-0.25, -0.2) is 4.98 Å². The number of nitrogens with one attached hydrogen (secondary N) is 1. The van der Waals surface area contributed by atoms with Crippen LogP contribution in [0.3, 0.4) is 0 Å². The summed E-state index contributed by atoms with van der Waals surface area (Å²) in [5.74, 6) is 0.202. The average Bonchev–Trinajstić information content (AvgIpc) is 2.56. The minimum atomic E-state index is -0.186. The van der Waals surface area contributed by atoms with Crippen LogP contribution in [0.25, 0.3) is 0 Å². The van der Waals surface area contributed by atoms with Crippen LogP contribution in [0.5, 0.6) is 0 Å². The lowest BCUT2D eigenvalue weighted by Crippen LogP contribution is -2.24. The molecule has 1 unspecified atom stereocenters. The van der Waals surface area contributed by atoms with Gasteiger partial charge in [-0.15, -0.1) is 0 Å². The van der Waals surface area contributed by atoms with E-state index in [0.717, 1.165) is 0 Å². The van der Waals surface area contributed by atoms with E-state index in [4.69, 9.17) is 11.6 Å². The van der Waals surface area contributed by atoms with Crippen molar-refractivity contribution in [2.24, 2.45) is 5.92 Å². The maximum atomic E-state index is 11.4. The lowest BCUT2D eigenvalue weighted by Gasteiger charge is -2.08. The first-order chi connectivity index (χ1) is 7.15. The minimum Gasteiger partial charge on any atom is -0.356 e. The molecule has 1 fully saturated rings. The monoisotopic (exact) mass is 227 g/mol. The van der Waals surface area contributed by atoms with Crippen molar-refractivity contribution in [1.29, 1.82) is 0 Å². The number of aromatic nitrogens is 2. The number of rotatable bonds is 2. The molecule has 15 heavy (non-hydrogen) atoms. The van der Waals surface area contributed by atoms with E-state index in [-0.39, 0.29) is 22.5 Å². The van der Waals surface area contributed by atoms with Crippen LogP contribution in [0.15, 0.2) is 17.2 Å². The molecular formula is C9H10ClN3O2. The maximum Gasteiger partial charge on any atom is 0.254 e. The van der Waals surface area contributed by atoms with E-state index in [1.54, 1.807) is 0 Å². The molecule has 0 radical (unpaired) electrons. The first kappa shape index (κ1) is 10.2. The molecule has 2 heterocycles. The fourth-order valence-electron chi connectivity index (χ4n) is 1.61. The predicted molar refractivity (Wildman–Crippen MR) is 54.6 cm³/mol. The average molecular weight is 228 g/mol. The second kappa shape index (κ2) is 4.02. The third kappa shape index (κ3) is 2.36. The molecular weight excluding hydrogens is 218 g/mol. The molecule has 5 nitrogen and oxygen atoms in total. The summed E-state index contributed by atoms with van der Waals surface area (Å²) in [5, 5.41) is 2.91. The van der Waals surface area contributed by atoms with Crippen LogP contribution >= 0.6 is 11.6 Å². The molecule has 1 atom stereocenters. The largest absolute Gasteiger partial charge is 0.356 e. The van der Waals surface area contributed by atoms with Crippen LogP contribution in [0.2, 0.25) is 5.15 Å². The van der Waals surface area contributed by atoms with Gasteiger partial charge in [-0.2, -0.15) is 0 Å². The third-order valence-corrected chi connectivity index (χ3v) is 2.57. The molecule has 6 heteroatoms. The zero-order valence-electron chi connectivity index (χ0n) is 7.94. The third-order valence-electron chi connectivity index (χ3n) is 2.36. The summed E-state index contributed by atoms with van der Waals surface area (Å²) >= 11 is 5.57. The molecule has 1 aliphatic rings. The molecule has 0 saturated carbocycles. The molecule has 1 N–H and O–H groups in total. The number of hydrogen-bond donors (Lipinski definition) is 1. The van der Waals surface area contributed by atoms with E-state index < -0.39 is 0 Å². The van der Waals surface area contributed by atoms with Crippen molar-refractivity contribution in [2.45, 2.75) is 13.0 Å². The van der Waals surface area contributed by atoms with E-state index in [9.17, 15) is 9.59 Å². The molecule has 1 aliphatic heterocycles. The fourth-order valence-corrected chi connectivity index (χ4v) is 1.75. The molecule has 1 amide bonds. The van der Waals surface area contributed by atoms with Crippen molar-refractivity contribution in [2.75, 3.05) is 6.54 Å². The van der Waals surface area contributed by atoms with Gasteiger partial charge >= 0.3 is 0 Å². The Balaban J connectivity index is 2.11. The fraction of sp³-hybridized carbons (Fsp3) is 0.444.